The van der Waals surface area contributed by atoms with Gasteiger partial charge in [-0.05, 0) is 62.7 Å². The summed E-state index contributed by atoms with van der Waals surface area (Å²) in [5, 5.41) is 6.31. The van der Waals surface area contributed by atoms with E-state index in [4.69, 9.17) is 9.26 Å². The summed E-state index contributed by atoms with van der Waals surface area (Å²) in [6.07, 6.45) is 5.03. The van der Waals surface area contributed by atoms with E-state index in [0.717, 1.165) is 66.6 Å². The van der Waals surface area contributed by atoms with Gasteiger partial charge in [0.05, 0.1) is 12.3 Å². The van der Waals surface area contributed by atoms with Crippen LogP contribution < -0.4 is 4.74 Å². The molecule has 0 amide bonds. The van der Waals surface area contributed by atoms with Gasteiger partial charge in [-0.2, -0.15) is 0 Å². The third kappa shape index (κ3) is 3.72. The molecule has 6 heteroatoms. The number of nitrogens with zero attached hydrogens (tertiary/aromatic N) is 2. The molecule has 150 valence electrons. The molecule has 2 aromatic heterocycles. The first kappa shape index (κ1) is 18.2. The maximum absolute atomic E-state index is 13.3. The molecule has 0 aliphatic carbocycles. The highest BCUT2D eigenvalue weighted by atomic mass is 19.1. The normalized spacial score (nSPS) is 16.0. The van der Waals surface area contributed by atoms with Gasteiger partial charge in [-0.15, -0.1) is 0 Å². The van der Waals surface area contributed by atoms with Crippen molar-refractivity contribution < 1.29 is 13.7 Å². The van der Waals surface area contributed by atoms with Gasteiger partial charge >= 0.3 is 0 Å². The number of benzene rings is 2. The summed E-state index contributed by atoms with van der Waals surface area (Å²) in [4.78, 5) is 5.70. The van der Waals surface area contributed by atoms with Gasteiger partial charge in [0.1, 0.15) is 11.6 Å². The fourth-order valence-electron chi connectivity index (χ4n) is 4.31. The second-order valence-corrected chi connectivity index (χ2v) is 7.72. The number of piperidine rings is 1. The third-order valence-corrected chi connectivity index (χ3v) is 5.87. The highest BCUT2D eigenvalue weighted by Gasteiger charge is 2.25. The Kier molecular flexibility index (Phi) is 4.94. The van der Waals surface area contributed by atoms with E-state index >= 15 is 0 Å². The molecular weight excluding hydrogens is 369 g/mol. The van der Waals surface area contributed by atoms with Crippen molar-refractivity contribution in [1.29, 1.82) is 0 Å². The lowest BCUT2D eigenvalue weighted by Crippen LogP contribution is -2.34. The highest BCUT2D eigenvalue weighted by Crippen LogP contribution is 2.32. The Morgan fingerprint density at radius 3 is 2.93 bits per heavy atom. The molecule has 0 atom stereocenters. The van der Waals surface area contributed by atoms with Crippen molar-refractivity contribution in [1.82, 2.24) is 15.0 Å². The largest absolute Gasteiger partial charge is 0.493 e. The van der Waals surface area contributed by atoms with E-state index in [-0.39, 0.29) is 5.82 Å². The van der Waals surface area contributed by atoms with Crippen molar-refractivity contribution >= 4 is 21.9 Å². The van der Waals surface area contributed by atoms with Crippen molar-refractivity contribution in [2.75, 3.05) is 26.2 Å². The number of aromatic nitrogens is 2. The van der Waals surface area contributed by atoms with E-state index < -0.39 is 0 Å². The Labute approximate surface area is 168 Å². The molecule has 5 nitrogen and oxygen atoms in total. The van der Waals surface area contributed by atoms with Crippen LogP contribution in [0.3, 0.4) is 0 Å². The number of hydrogen-bond acceptors (Lipinski definition) is 4. The van der Waals surface area contributed by atoms with Gasteiger partial charge in [0.15, 0.2) is 5.58 Å². The molecule has 0 bridgehead atoms. The average molecular weight is 393 g/mol. The van der Waals surface area contributed by atoms with Crippen LogP contribution in [0.1, 0.15) is 30.9 Å². The lowest BCUT2D eigenvalue weighted by Gasteiger charge is -2.31. The van der Waals surface area contributed by atoms with Gasteiger partial charge in [-0.3, -0.25) is 0 Å². The first-order valence-corrected chi connectivity index (χ1v) is 10.2. The van der Waals surface area contributed by atoms with Gasteiger partial charge in [0.2, 0.25) is 0 Å². The van der Waals surface area contributed by atoms with Gasteiger partial charge < -0.3 is 19.1 Å². The lowest BCUT2D eigenvalue weighted by molar-refractivity contribution is 0.191. The molecule has 0 spiro atoms. The molecule has 0 radical (unpaired) electrons. The molecule has 3 heterocycles. The molecule has 1 fully saturated rings. The Morgan fingerprint density at radius 1 is 1.14 bits per heavy atom. The molecule has 5 rings (SSSR count). The van der Waals surface area contributed by atoms with Crippen LogP contribution in [0.15, 0.2) is 53.2 Å². The monoisotopic (exact) mass is 393 g/mol. The lowest BCUT2D eigenvalue weighted by atomic mass is 9.91. The van der Waals surface area contributed by atoms with Crippen LogP contribution in [0.2, 0.25) is 0 Å². The minimum atomic E-state index is -0.287. The number of nitrogens with one attached hydrogen (secondary N) is 1. The van der Waals surface area contributed by atoms with E-state index in [1.165, 1.54) is 12.1 Å². The fourth-order valence-corrected chi connectivity index (χ4v) is 4.31. The average Bonchev–Trinajstić information content (AvgIpc) is 3.38. The molecule has 1 aliphatic rings. The molecule has 1 N–H and O–H groups in total. The standard InChI is InChI=1S/C23H24FN3O2/c24-17-5-6-19-22(15-17)29-26-23(19)16-8-12-27(13-9-16)11-2-14-28-21-4-1-3-20-18(21)7-10-25-20/h1,3-7,10,15-16,25H,2,8-9,11-14H2. The molecule has 29 heavy (non-hydrogen) atoms. The van der Waals surface area contributed by atoms with Crippen LogP contribution in [0.4, 0.5) is 4.39 Å². The molecular formula is C23H24FN3O2. The minimum absolute atomic E-state index is 0.287. The van der Waals surface area contributed by atoms with Gasteiger partial charge in [0.25, 0.3) is 0 Å². The number of aromatic amines is 1. The Bertz CT molecular complexity index is 1110. The summed E-state index contributed by atoms with van der Waals surface area (Å²) in [5.74, 6) is 1.03. The summed E-state index contributed by atoms with van der Waals surface area (Å²) in [6, 6.07) is 12.8. The van der Waals surface area contributed by atoms with E-state index in [0.29, 0.717) is 18.1 Å². The van der Waals surface area contributed by atoms with Crippen LogP contribution in [-0.4, -0.2) is 41.3 Å². The maximum Gasteiger partial charge on any atom is 0.170 e. The number of fused-ring (bicyclic) bond motifs is 2. The van der Waals surface area contributed by atoms with Crippen molar-refractivity contribution in [2.45, 2.75) is 25.2 Å². The van der Waals surface area contributed by atoms with Crippen LogP contribution >= 0.6 is 0 Å². The SMILES string of the molecule is Fc1ccc2c(C3CCN(CCCOc4cccc5[nH]ccc45)CC3)noc2c1. The zero-order valence-corrected chi connectivity index (χ0v) is 16.2. The van der Waals surface area contributed by atoms with Gasteiger partial charge in [-0.1, -0.05) is 11.2 Å². The Balaban J connectivity index is 1.11. The first-order valence-electron chi connectivity index (χ1n) is 10.2. The molecule has 1 aliphatic heterocycles. The Morgan fingerprint density at radius 2 is 2.03 bits per heavy atom. The summed E-state index contributed by atoms with van der Waals surface area (Å²) < 4.78 is 24.7. The van der Waals surface area contributed by atoms with Crippen molar-refractivity contribution in [3.63, 3.8) is 0 Å². The van der Waals surface area contributed by atoms with E-state index in [2.05, 4.69) is 27.2 Å². The molecule has 0 unspecified atom stereocenters. The fraction of sp³-hybridized carbons (Fsp3) is 0.348. The second-order valence-electron chi connectivity index (χ2n) is 7.72. The first-order chi connectivity index (χ1) is 14.3. The summed E-state index contributed by atoms with van der Waals surface area (Å²) >= 11 is 0. The van der Waals surface area contributed by atoms with Gasteiger partial charge in [0, 0.05) is 41.0 Å². The predicted octanol–water partition coefficient (Wildman–Crippen LogP) is 5.10. The maximum atomic E-state index is 13.3. The molecule has 0 saturated carbocycles. The topological polar surface area (TPSA) is 54.3 Å². The van der Waals surface area contributed by atoms with E-state index in [9.17, 15) is 4.39 Å². The van der Waals surface area contributed by atoms with E-state index in [1.54, 1.807) is 6.07 Å². The summed E-state index contributed by atoms with van der Waals surface area (Å²) in [5.41, 5.74) is 2.62. The number of likely N-dealkylation sites (tertiary alicyclic amines) is 1. The minimum Gasteiger partial charge on any atom is -0.493 e. The van der Waals surface area contributed by atoms with Crippen LogP contribution in [0.5, 0.6) is 5.75 Å². The van der Waals surface area contributed by atoms with Crippen molar-refractivity contribution in [2.24, 2.45) is 0 Å². The van der Waals surface area contributed by atoms with Crippen LogP contribution in [0, 0.1) is 5.82 Å². The molecule has 2 aromatic carbocycles. The van der Waals surface area contributed by atoms with Crippen LogP contribution in [0.25, 0.3) is 21.9 Å². The summed E-state index contributed by atoms with van der Waals surface area (Å²) in [6.45, 7) is 3.81. The van der Waals surface area contributed by atoms with Crippen molar-refractivity contribution in [3.8, 4) is 5.75 Å². The smallest absolute Gasteiger partial charge is 0.170 e. The zero-order chi connectivity index (χ0) is 19.6. The van der Waals surface area contributed by atoms with Crippen molar-refractivity contribution in [3.05, 3.63) is 60.2 Å². The number of halogens is 1. The highest BCUT2D eigenvalue weighted by molar-refractivity contribution is 5.85. The van der Waals surface area contributed by atoms with E-state index in [1.807, 2.05) is 18.3 Å². The second kappa shape index (κ2) is 7.87. The number of H-pyrrole nitrogens is 1. The molecule has 1 saturated heterocycles. The third-order valence-electron chi connectivity index (χ3n) is 5.87. The quantitative estimate of drug-likeness (QED) is 0.463. The Hall–Kier alpha value is -2.86. The number of hydrogen-bond donors (Lipinski definition) is 1. The zero-order valence-electron chi connectivity index (χ0n) is 16.2. The summed E-state index contributed by atoms with van der Waals surface area (Å²) in [7, 11) is 0. The number of ether oxygens (including phenoxy) is 1. The van der Waals surface area contributed by atoms with Crippen LogP contribution in [-0.2, 0) is 0 Å². The predicted molar refractivity (Wildman–Crippen MR) is 111 cm³/mol. The number of rotatable bonds is 6. The van der Waals surface area contributed by atoms with Gasteiger partial charge in [-0.25, -0.2) is 4.39 Å². The molecule has 4 aromatic rings.